The Morgan fingerprint density at radius 2 is 1.72 bits per heavy atom. The molecule has 0 aliphatic heterocycles. The summed E-state index contributed by atoms with van der Waals surface area (Å²) >= 11 is 0. The maximum absolute atomic E-state index is 13.1. The van der Waals surface area contributed by atoms with Crippen LogP contribution >= 0.6 is 0 Å². The molecule has 2 aromatic rings. The lowest BCUT2D eigenvalue weighted by molar-refractivity contribution is -0.137. The molecule has 0 aliphatic rings. The number of amides is 1. The summed E-state index contributed by atoms with van der Waals surface area (Å²) < 4.78 is 39.4. The molecule has 0 atom stereocenters. The maximum Gasteiger partial charge on any atom is 0.416 e. The Balaban J connectivity index is 2.33. The largest absolute Gasteiger partial charge is 0.416 e. The molecule has 0 saturated heterocycles. The van der Waals surface area contributed by atoms with Crippen molar-refractivity contribution in [3.8, 4) is 0 Å². The van der Waals surface area contributed by atoms with E-state index in [1.54, 1.807) is 37.2 Å². The quantitative estimate of drug-likeness (QED) is 0.871. The van der Waals surface area contributed by atoms with Gasteiger partial charge in [-0.3, -0.25) is 4.79 Å². The number of hydrogen-bond acceptors (Lipinski definition) is 2. The Kier molecular flexibility index (Phi) is 5.52. The first-order valence-corrected chi connectivity index (χ1v) is 7.81. The van der Waals surface area contributed by atoms with Gasteiger partial charge in [0.2, 0.25) is 0 Å². The van der Waals surface area contributed by atoms with Crippen LogP contribution in [0.1, 0.15) is 32.6 Å². The second-order valence-electron chi connectivity index (χ2n) is 6.41. The normalized spacial score (nSPS) is 11.7. The van der Waals surface area contributed by atoms with Crippen LogP contribution in [0.25, 0.3) is 0 Å². The van der Waals surface area contributed by atoms with Crippen molar-refractivity contribution in [3.63, 3.8) is 0 Å². The van der Waals surface area contributed by atoms with Crippen molar-refractivity contribution < 1.29 is 18.0 Å². The summed E-state index contributed by atoms with van der Waals surface area (Å²) in [7, 11) is 3.54. The molecule has 0 aromatic heterocycles. The third-order valence-electron chi connectivity index (χ3n) is 3.85. The number of alkyl halides is 3. The number of anilines is 1. The van der Waals surface area contributed by atoms with Gasteiger partial charge in [0, 0.05) is 17.8 Å². The Hall–Kier alpha value is -2.34. The Morgan fingerprint density at radius 3 is 2.28 bits per heavy atom. The van der Waals surface area contributed by atoms with Crippen LogP contribution in [0.3, 0.4) is 0 Å². The van der Waals surface area contributed by atoms with Crippen molar-refractivity contribution in [3.05, 3.63) is 64.2 Å². The van der Waals surface area contributed by atoms with E-state index in [0.717, 1.165) is 23.3 Å². The monoisotopic (exact) mass is 350 g/mol. The van der Waals surface area contributed by atoms with Crippen LogP contribution in [0.5, 0.6) is 0 Å². The predicted octanol–water partition coefficient (Wildman–Crippen LogP) is 4.64. The van der Waals surface area contributed by atoms with E-state index in [9.17, 15) is 18.0 Å². The molecule has 0 heterocycles. The van der Waals surface area contributed by atoms with Gasteiger partial charge in [-0.15, -0.1) is 0 Å². The van der Waals surface area contributed by atoms with E-state index >= 15 is 0 Å². The highest BCUT2D eigenvalue weighted by Crippen LogP contribution is 2.32. The average molecular weight is 350 g/mol. The lowest BCUT2D eigenvalue weighted by Crippen LogP contribution is -2.16. The zero-order valence-corrected chi connectivity index (χ0v) is 14.7. The molecule has 0 spiro atoms. The van der Waals surface area contributed by atoms with Gasteiger partial charge in [0.1, 0.15) is 0 Å². The highest BCUT2D eigenvalue weighted by Gasteiger charge is 2.31. The lowest BCUT2D eigenvalue weighted by atomic mass is 10.1. The van der Waals surface area contributed by atoms with Crippen LogP contribution in [0.15, 0.2) is 36.4 Å². The van der Waals surface area contributed by atoms with E-state index in [2.05, 4.69) is 5.32 Å². The summed E-state index contributed by atoms with van der Waals surface area (Å²) in [5.41, 5.74) is 2.25. The smallest absolute Gasteiger partial charge is 0.322 e. The number of carbonyl (C=O) groups is 1. The van der Waals surface area contributed by atoms with Gasteiger partial charge < -0.3 is 10.2 Å². The molecule has 2 rings (SSSR count). The Morgan fingerprint density at radius 1 is 1.04 bits per heavy atom. The van der Waals surface area contributed by atoms with Crippen molar-refractivity contribution in [2.75, 3.05) is 19.4 Å². The van der Waals surface area contributed by atoms with Gasteiger partial charge in [-0.1, -0.05) is 6.07 Å². The maximum atomic E-state index is 13.1. The minimum atomic E-state index is -4.47. The van der Waals surface area contributed by atoms with Crippen molar-refractivity contribution in [1.29, 1.82) is 0 Å². The van der Waals surface area contributed by atoms with Crippen LogP contribution in [-0.4, -0.2) is 24.9 Å². The summed E-state index contributed by atoms with van der Waals surface area (Å²) in [6, 6.07) is 8.82. The van der Waals surface area contributed by atoms with E-state index in [-0.39, 0.29) is 5.69 Å². The summed E-state index contributed by atoms with van der Waals surface area (Å²) in [4.78, 5) is 14.1. The number of aryl methyl sites for hydroxylation is 2. The van der Waals surface area contributed by atoms with E-state index < -0.39 is 17.6 Å². The molecule has 0 unspecified atom stereocenters. The van der Waals surface area contributed by atoms with Crippen LogP contribution in [-0.2, 0) is 12.7 Å². The first-order valence-electron chi connectivity index (χ1n) is 7.81. The SMILES string of the molecule is Cc1ccc(C(=O)Nc2cc(CN(C)C)cc(C(F)(F)F)c2)cc1C. The first-order chi connectivity index (χ1) is 11.6. The average Bonchev–Trinajstić information content (AvgIpc) is 2.48. The Labute approximate surface area is 145 Å². The number of hydrogen-bond donors (Lipinski definition) is 1. The van der Waals surface area contributed by atoms with E-state index in [4.69, 9.17) is 0 Å². The first kappa shape index (κ1) is 19.0. The second kappa shape index (κ2) is 7.27. The van der Waals surface area contributed by atoms with Gasteiger partial charge in [-0.05, 0) is 75.0 Å². The van der Waals surface area contributed by atoms with Crippen molar-refractivity contribution >= 4 is 11.6 Å². The fraction of sp³-hybridized carbons (Fsp3) is 0.316. The number of carbonyl (C=O) groups excluding carboxylic acids is 1. The summed E-state index contributed by atoms with van der Waals surface area (Å²) in [6.45, 7) is 4.15. The molecule has 0 bridgehead atoms. The van der Waals surface area contributed by atoms with Crippen molar-refractivity contribution in [2.45, 2.75) is 26.6 Å². The molecule has 0 fully saturated rings. The topological polar surface area (TPSA) is 32.3 Å². The molecular formula is C19H21F3N2O. The van der Waals surface area contributed by atoms with Crippen LogP contribution in [0.4, 0.5) is 18.9 Å². The molecule has 134 valence electrons. The highest BCUT2D eigenvalue weighted by molar-refractivity contribution is 6.04. The molecule has 0 saturated carbocycles. The molecule has 0 radical (unpaired) electrons. The minimum Gasteiger partial charge on any atom is -0.322 e. The fourth-order valence-corrected chi connectivity index (χ4v) is 2.47. The van der Waals surface area contributed by atoms with Crippen LogP contribution < -0.4 is 5.32 Å². The van der Waals surface area contributed by atoms with Gasteiger partial charge in [0.05, 0.1) is 5.56 Å². The molecule has 1 amide bonds. The summed E-state index contributed by atoms with van der Waals surface area (Å²) in [6.07, 6.45) is -4.47. The van der Waals surface area contributed by atoms with E-state index in [0.29, 0.717) is 17.7 Å². The molecule has 1 N–H and O–H groups in total. The Bertz CT molecular complexity index is 783. The second-order valence-corrected chi connectivity index (χ2v) is 6.41. The highest BCUT2D eigenvalue weighted by atomic mass is 19.4. The van der Waals surface area contributed by atoms with Crippen molar-refractivity contribution in [2.24, 2.45) is 0 Å². The number of benzene rings is 2. The fourth-order valence-electron chi connectivity index (χ4n) is 2.47. The van der Waals surface area contributed by atoms with Gasteiger partial charge in [0.15, 0.2) is 0 Å². The van der Waals surface area contributed by atoms with Gasteiger partial charge in [0.25, 0.3) is 5.91 Å². The summed E-state index contributed by atoms with van der Waals surface area (Å²) in [5, 5.41) is 2.57. The molecule has 25 heavy (non-hydrogen) atoms. The molecular weight excluding hydrogens is 329 g/mol. The standard InChI is InChI=1S/C19H21F3N2O/c1-12-5-6-15(7-13(12)2)18(25)23-17-9-14(11-24(3)4)8-16(10-17)19(20,21)22/h5-10H,11H2,1-4H3,(H,23,25). The van der Waals surface area contributed by atoms with Crippen LogP contribution in [0.2, 0.25) is 0 Å². The van der Waals surface area contributed by atoms with Gasteiger partial charge >= 0.3 is 6.18 Å². The molecule has 6 heteroatoms. The zero-order chi connectivity index (χ0) is 18.8. The van der Waals surface area contributed by atoms with Gasteiger partial charge in [-0.2, -0.15) is 13.2 Å². The minimum absolute atomic E-state index is 0.134. The zero-order valence-electron chi connectivity index (χ0n) is 14.7. The van der Waals surface area contributed by atoms with E-state index in [1.165, 1.54) is 0 Å². The lowest BCUT2D eigenvalue weighted by Gasteiger charge is -2.16. The van der Waals surface area contributed by atoms with Gasteiger partial charge in [-0.25, -0.2) is 0 Å². The molecule has 0 aliphatic carbocycles. The number of nitrogens with one attached hydrogen (secondary N) is 1. The predicted molar refractivity (Wildman–Crippen MR) is 92.7 cm³/mol. The molecule has 3 nitrogen and oxygen atoms in total. The number of nitrogens with zero attached hydrogens (tertiary/aromatic N) is 1. The molecule has 2 aromatic carbocycles. The summed E-state index contributed by atoms with van der Waals surface area (Å²) in [5.74, 6) is -0.432. The van der Waals surface area contributed by atoms with E-state index in [1.807, 2.05) is 19.9 Å². The van der Waals surface area contributed by atoms with Crippen molar-refractivity contribution in [1.82, 2.24) is 4.90 Å². The number of rotatable bonds is 4. The third-order valence-corrected chi connectivity index (χ3v) is 3.85. The third kappa shape index (κ3) is 5.06. The number of halogens is 3. The van der Waals surface area contributed by atoms with Crippen LogP contribution in [0, 0.1) is 13.8 Å².